The summed E-state index contributed by atoms with van der Waals surface area (Å²) in [6.07, 6.45) is 5.58. The molecule has 0 aliphatic carbocycles. The number of amides is 3. The summed E-state index contributed by atoms with van der Waals surface area (Å²) in [7, 11) is 0. The fraction of sp³-hybridized carbons (Fsp3) is 0.483. The smallest absolute Gasteiger partial charge is 0.253 e. The number of carbonyl (C=O) groups is 3. The topological polar surface area (TPSA) is 91.0 Å². The van der Waals surface area contributed by atoms with Crippen molar-refractivity contribution in [1.82, 2.24) is 15.5 Å². The lowest BCUT2D eigenvalue weighted by molar-refractivity contribution is -0.123. The van der Waals surface area contributed by atoms with Gasteiger partial charge in [-0.2, -0.15) is 0 Å². The number of piperidine rings is 1. The Morgan fingerprint density at radius 1 is 1.00 bits per heavy atom. The first-order valence-electron chi connectivity index (χ1n) is 13.5. The highest BCUT2D eigenvalue weighted by Gasteiger charge is 2.33. The lowest BCUT2D eigenvalue weighted by Crippen LogP contribution is -2.50. The molecule has 1 atom stereocenters. The second-order valence-electron chi connectivity index (χ2n) is 10.1. The maximum absolute atomic E-state index is 13.1. The largest absolute Gasteiger partial charge is 0.494 e. The minimum absolute atomic E-state index is 0.0126. The summed E-state index contributed by atoms with van der Waals surface area (Å²) in [5.74, 6) is 0.976. The predicted molar refractivity (Wildman–Crippen MR) is 142 cm³/mol. The number of fused-ring (bicyclic) bond motifs is 1. The van der Waals surface area contributed by atoms with Gasteiger partial charge in [0.15, 0.2) is 0 Å². The van der Waals surface area contributed by atoms with Crippen LogP contribution >= 0.6 is 0 Å². The molecular weight excluding hydrogens is 468 g/mol. The van der Waals surface area contributed by atoms with Crippen molar-refractivity contribution in [2.45, 2.75) is 57.0 Å². The highest BCUT2D eigenvalue weighted by Crippen LogP contribution is 2.32. The van der Waals surface area contributed by atoms with Gasteiger partial charge in [0.25, 0.3) is 5.91 Å². The Labute approximate surface area is 218 Å². The number of anilines is 1. The van der Waals surface area contributed by atoms with Gasteiger partial charge in [0.1, 0.15) is 5.75 Å². The molecule has 3 heterocycles. The molecule has 0 aromatic heterocycles. The number of rotatable bonds is 8. The van der Waals surface area contributed by atoms with Crippen LogP contribution in [0.4, 0.5) is 5.69 Å². The number of aryl methyl sites for hydroxylation is 1. The Morgan fingerprint density at radius 2 is 1.78 bits per heavy atom. The van der Waals surface area contributed by atoms with E-state index in [0.717, 1.165) is 50.8 Å². The number of nitrogens with one attached hydrogen (secondary N) is 2. The quantitative estimate of drug-likeness (QED) is 0.540. The van der Waals surface area contributed by atoms with Crippen molar-refractivity contribution in [3.8, 4) is 5.75 Å². The van der Waals surface area contributed by atoms with Crippen LogP contribution in [0.15, 0.2) is 48.5 Å². The molecule has 0 radical (unpaired) electrons. The molecule has 5 rings (SSSR count). The molecule has 3 aliphatic heterocycles. The summed E-state index contributed by atoms with van der Waals surface area (Å²) in [5.41, 5.74) is 2.91. The number of benzene rings is 2. The van der Waals surface area contributed by atoms with Crippen molar-refractivity contribution < 1.29 is 19.1 Å². The van der Waals surface area contributed by atoms with Gasteiger partial charge in [-0.1, -0.05) is 18.2 Å². The first-order valence-corrected chi connectivity index (χ1v) is 13.5. The van der Waals surface area contributed by atoms with Crippen LogP contribution in [-0.2, 0) is 16.0 Å². The summed E-state index contributed by atoms with van der Waals surface area (Å²) in [4.78, 5) is 41.7. The third-order valence-electron chi connectivity index (χ3n) is 7.61. The van der Waals surface area contributed by atoms with Gasteiger partial charge in [-0.3, -0.25) is 14.4 Å². The van der Waals surface area contributed by atoms with E-state index in [-0.39, 0.29) is 29.8 Å². The van der Waals surface area contributed by atoms with Crippen LogP contribution in [0, 0.1) is 0 Å². The van der Waals surface area contributed by atoms with Crippen molar-refractivity contribution in [3.63, 3.8) is 0 Å². The monoisotopic (exact) mass is 504 g/mol. The van der Waals surface area contributed by atoms with Crippen molar-refractivity contribution in [3.05, 3.63) is 59.7 Å². The molecule has 0 unspecified atom stereocenters. The fourth-order valence-corrected chi connectivity index (χ4v) is 5.56. The molecule has 196 valence electrons. The van der Waals surface area contributed by atoms with E-state index in [0.29, 0.717) is 44.0 Å². The van der Waals surface area contributed by atoms with Gasteiger partial charge in [-0.15, -0.1) is 0 Å². The zero-order valence-corrected chi connectivity index (χ0v) is 21.3. The van der Waals surface area contributed by atoms with Crippen LogP contribution in [0.5, 0.6) is 5.75 Å². The Morgan fingerprint density at radius 3 is 2.54 bits per heavy atom. The van der Waals surface area contributed by atoms with Gasteiger partial charge < -0.3 is 25.2 Å². The molecule has 2 aromatic carbocycles. The number of hydrogen-bond acceptors (Lipinski definition) is 5. The summed E-state index contributed by atoms with van der Waals surface area (Å²) < 4.78 is 5.78. The van der Waals surface area contributed by atoms with Crippen molar-refractivity contribution in [2.24, 2.45) is 0 Å². The van der Waals surface area contributed by atoms with Crippen LogP contribution in [0.1, 0.15) is 54.4 Å². The zero-order chi connectivity index (χ0) is 25.6. The summed E-state index contributed by atoms with van der Waals surface area (Å²) >= 11 is 0. The number of carbonyl (C=O) groups excluding carboxylic acids is 3. The SMILES string of the molecule is O=C(NCCCOc1ccc(C(=O)N2CCC(N3C(=O)CCc4ccccc43)CC2)cc1)[C@H]1CCCN1. The lowest BCUT2D eigenvalue weighted by atomic mass is 9.95. The summed E-state index contributed by atoms with van der Waals surface area (Å²) in [5, 5.41) is 6.14. The van der Waals surface area contributed by atoms with Gasteiger partial charge in [0, 0.05) is 43.3 Å². The molecule has 3 aliphatic rings. The van der Waals surface area contributed by atoms with Gasteiger partial charge in [0.2, 0.25) is 11.8 Å². The highest BCUT2D eigenvalue weighted by molar-refractivity contribution is 5.97. The first kappa shape index (κ1) is 25.3. The van der Waals surface area contributed by atoms with E-state index in [9.17, 15) is 14.4 Å². The Bertz CT molecular complexity index is 1110. The van der Waals surface area contributed by atoms with E-state index < -0.39 is 0 Å². The van der Waals surface area contributed by atoms with Crippen molar-refractivity contribution in [2.75, 3.05) is 37.7 Å². The Kier molecular flexibility index (Phi) is 8.04. The molecule has 0 bridgehead atoms. The molecule has 8 nitrogen and oxygen atoms in total. The van der Waals surface area contributed by atoms with E-state index in [1.807, 2.05) is 52.3 Å². The van der Waals surface area contributed by atoms with Gasteiger partial charge in [0.05, 0.1) is 12.6 Å². The maximum atomic E-state index is 13.1. The number of nitrogens with zero attached hydrogens (tertiary/aromatic N) is 2. The molecule has 2 fully saturated rings. The second kappa shape index (κ2) is 11.8. The zero-order valence-electron chi connectivity index (χ0n) is 21.3. The van der Waals surface area contributed by atoms with Crippen LogP contribution in [0.3, 0.4) is 0 Å². The summed E-state index contributed by atoms with van der Waals surface area (Å²) in [6.45, 7) is 3.26. The van der Waals surface area contributed by atoms with Gasteiger partial charge in [-0.25, -0.2) is 0 Å². The molecule has 2 aromatic rings. The predicted octanol–water partition coefficient (Wildman–Crippen LogP) is 2.91. The average Bonchev–Trinajstić information content (AvgIpc) is 3.48. The molecule has 2 N–H and O–H groups in total. The number of para-hydroxylation sites is 1. The van der Waals surface area contributed by atoms with E-state index in [4.69, 9.17) is 4.74 Å². The number of hydrogen-bond donors (Lipinski definition) is 2. The molecule has 37 heavy (non-hydrogen) atoms. The molecule has 0 saturated carbocycles. The third kappa shape index (κ3) is 5.96. The Hall–Kier alpha value is -3.39. The normalized spacial score (nSPS) is 20.0. The van der Waals surface area contributed by atoms with Crippen LogP contribution < -0.4 is 20.3 Å². The van der Waals surface area contributed by atoms with E-state index in [1.165, 1.54) is 5.56 Å². The molecule has 3 amide bonds. The molecule has 2 saturated heterocycles. The van der Waals surface area contributed by atoms with Crippen LogP contribution in [0.2, 0.25) is 0 Å². The van der Waals surface area contributed by atoms with E-state index in [1.54, 1.807) is 0 Å². The third-order valence-corrected chi connectivity index (χ3v) is 7.61. The maximum Gasteiger partial charge on any atom is 0.253 e. The fourth-order valence-electron chi connectivity index (χ4n) is 5.56. The standard InChI is InChI=1S/C29H36N4O4/c34-27-13-10-21-5-1-2-7-26(21)33(27)23-14-18-32(19-15-23)29(36)22-8-11-24(12-9-22)37-20-4-17-31-28(35)25-6-3-16-30-25/h1-2,5,7-9,11-12,23,25,30H,3-4,6,10,13-20H2,(H,31,35)/t25-/m1/s1. The number of likely N-dealkylation sites (tertiary alicyclic amines) is 1. The summed E-state index contributed by atoms with van der Waals surface area (Å²) in [6, 6.07) is 15.5. The number of ether oxygens (including phenoxy) is 1. The minimum Gasteiger partial charge on any atom is -0.494 e. The average molecular weight is 505 g/mol. The second-order valence-corrected chi connectivity index (χ2v) is 10.1. The Balaban J connectivity index is 1.06. The minimum atomic E-state index is -0.0548. The van der Waals surface area contributed by atoms with Crippen LogP contribution in [0.25, 0.3) is 0 Å². The molecule has 0 spiro atoms. The molecular formula is C29H36N4O4. The van der Waals surface area contributed by atoms with E-state index in [2.05, 4.69) is 16.7 Å². The molecule has 8 heteroatoms. The van der Waals surface area contributed by atoms with E-state index >= 15 is 0 Å². The van der Waals surface area contributed by atoms with Crippen molar-refractivity contribution in [1.29, 1.82) is 0 Å². The lowest BCUT2D eigenvalue weighted by Gasteiger charge is -2.41. The first-order chi connectivity index (χ1) is 18.1. The van der Waals surface area contributed by atoms with Crippen molar-refractivity contribution >= 4 is 23.4 Å². The van der Waals surface area contributed by atoms with Gasteiger partial charge >= 0.3 is 0 Å². The van der Waals surface area contributed by atoms with Gasteiger partial charge in [-0.05, 0) is 81.0 Å². The van der Waals surface area contributed by atoms with Crippen LogP contribution in [-0.4, -0.2) is 67.5 Å². The highest BCUT2D eigenvalue weighted by atomic mass is 16.5.